The third-order valence-corrected chi connectivity index (χ3v) is 5.40. The molecule has 116 valence electrons. The maximum atomic E-state index is 12.3. The highest BCUT2D eigenvalue weighted by Crippen LogP contribution is 2.28. The highest BCUT2D eigenvalue weighted by Gasteiger charge is 2.24. The smallest absolute Gasteiger partial charge is 0.255 e. The second kappa shape index (κ2) is 7.65. The fraction of sp³-hybridized carbons (Fsp3) is 0.533. The third-order valence-electron chi connectivity index (χ3n) is 3.88. The Morgan fingerprint density at radius 1 is 1.48 bits per heavy atom. The fourth-order valence-corrected chi connectivity index (χ4v) is 3.22. The molecular formula is C15H19ClINO3. The van der Waals surface area contributed by atoms with Crippen molar-refractivity contribution in [3.63, 3.8) is 0 Å². The zero-order chi connectivity index (χ0) is 15.4. The van der Waals surface area contributed by atoms with Gasteiger partial charge < -0.3 is 15.2 Å². The number of amides is 1. The van der Waals surface area contributed by atoms with Crippen LogP contribution >= 0.6 is 34.2 Å². The summed E-state index contributed by atoms with van der Waals surface area (Å²) in [6.45, 7) is 0.479. The molecule has 0 bridgehead atoms. The topological polar surface area (TPSA) is 58.6 Å². The van der Waals surface area contributed by atoms with E-state index in [1.165, 1.54) is 7.11 Å². The van der Waals surface area contributed by atoms with Crippen molar-refractivity contribution >= 4 is 40.1 Å². The van der Waals surface area contributed by atoms with Crippen molar-refractivity contribution in [1.82, 2.24) is 5.32 Å². The average Bonchev–Trinajstić information content (AvgIpc) is 2.48. The first kappa shape index (κ1) is 16.8. The Labute approximate surface area is 143 Å². The van der Waals surface area contributed by atoms with Gasteiger partial charge in [-0.2, -0.15) is 0 Å². The predicted octanol–water partition coefficient (Wildman–Crippen LogP) is 3.23. The Balaban J connectivity index is 2.04. The standard InChI is InChI=1S/C15H19ClINO3/c1-21-14-7-12(17)11(16)6-10(14)15(20)18-8-9-4-2-3-5-13(9)19/h6-7,9,13,19H,2-5,8H2,1H3,(H,18,20). The van der Waals surface area contributed by atoms with Crippen molar-refractivity contribution in [2.75, 3.05) is 13.7 Å². The van der Waals surface area contributed by atoms with Crippen LogP contribution in [0.3, 0.4) is 0 Å². The predicted molar refractivity (Wildman–Crippen MR) is 91.0 cm³/mol. The number of halogens is 2. The van der Waals surface area contributed by atoms with Crippen LogP contribution in [-0.2, 0) is 0 Å². The van der Waals surface area contributed by atoms with Crippen LogP contribution in [0.2, 0.25) is 5.02 Å². The summed E-state index contributed by atoms with van der Waals surface area (Å²) in [5.74, 6) is 0.418. The van der Waals surface area contributed by atoms with E-state index in [0.717, 1.165) is 29.3 Å². The van der Waals surface area contributed by atoms with E-state index in [-0.39, 0.29) is 17.9 Å². The molecule has 0 heterocycles. The van der Waals surface area contributed by atoms with Crippen molar-refractivity contribution in [2.45, 2.75) is 31.8 Å². The molecule has 1 aromatic carbocycles. The summed E-state index contributed by atoms with van der Waals surface area (Å²) in [6, 6.07) is 3.36. The van der Waals surface area contributed by atoms with Crippen LogP contribution in [0.5, 0.6) is 5.75 Å². The van der Waals surface area contributed by atoms with Crippen molar-refractivity contribution in [1.29, 1.82) is 0 Å². The van der Waals surface area contributed by atoms with E-state index in [1.54, 1.807) is 12.1 Å². The average molecular weight is 424 g/mol. The zero-order valence-corrected chi connectivity index (χ0v) is 14.8. The van der Waals surface area contributed by atoms with Crippen LogP contribution in [-0.4, -0.2) is 30.8 Å². The maximum Gasteiger partial charge on any atom is 0.255 e. The van der Waals surface area contributed by atoms with Gasteiger partial charge in [-0.05, 0) is 47.6 Å². The normalized spacial score (nSPS) is 21.9. The summed E-state index contributed by atoms with van der Waals surface area (Å²) in [6.07, 6.45) is 3.62. The molecule has 0 aromatic heterocycles. The van der Waals surface area contributed by atoms with Gasteiger partial charge in [-0.15, -0.1) is 0 Å². The van der Waals surface area contributed by atoms with Gasteiger partial charge in [0.05, 0.1) is 23.8 Å². The van der Waals surface area contributed by atoms with E-state index in [4.69, 9.17) is 16.3 Å². The highest BCUT2D eigenvalue weighted by molar-refractivity contribution is 14.1. The highest BCUT2D eigenvalue weighted by atomic mass is 127. The van der Waals surface area contributed by atoms with Gasteiger partial charge in [-0.25, -0.2) is 0 Å². The van der Waals surface area contributed by atoms with Crippen LogP contribution in [0.4, 0.5) is 0 Å². The van der Waals surface area contributed by atoms with Crippen molar-refractivity contribution in [2.24, 2.45) is 5.92 Å². The Bertz CT molecular complexity index is 524. The van der Waals surface area contributed by atoms with Crippen LogP contribution in [0.25, 0.3) is 0 Å². The van der Waals surface area contributed by atoms with Gasteiger partial charge in [0.2, 0.25) is 0 Å². The Morgan fingerprint density at radius 3 is 2.86 bits per heavy atom. The monoisotopic (exact) mass is 423 g/mol. The quantitative estimate of drug-likeness (QED) is 0.731. The fourth-order valence-electron chi connectivity index (χ4n) is 2.62. The molecule has 0 saturated heterocycles. The minimum atomic E-state index is -0.318. The van der Waals surface area contributed by atoms with E-state index < -0.39 is 0 Å². The molecule has 1 fully saturated rings. The van der Waals surface area contributed by atoms with Crippen molar-refractivity contribution < 1.29 is 14.6 Å². The molecule has 4 nitrogen and oxygen atoms in total. The lowest BCUT2D eigenvalue weighted by molar-refractivity contribution is 0.0662. The Kier molecular flexibility index (Phi) is 6.13. The number of rotatable bonds is 4. The van der Waals surface area contributed by atoms with Gasteiger partial charge >= 0.3 is 0 Å². The van der Waals surface area contributed by atoms with Gasteiger partial charge in [0.25, 0.3) is 5.91 Å². The van der Waals surface area contributed by atoms with Gasteiger partial charge in [0, 0.05) is 16.0 Å². The van der Waals surface area contributed by atoms with E-state index in [9.17, 15) is 9.90 Å². The number of ether oxygens (including phenoxy) is 1. The summed E-state index contributed by atoms with van der Waals surface area (Å²) in [7, 11) is 1.53. The van der Waals surface area contributed by atoms with E-state index in [1.807, 2.05) is 0 Å². The van der Waals surface area contributed by atoms with Crippen LogP contribution in [0.15, 0.2) is 12.1 Å². The number of aliphatic hydroxyl groups is 1. The molecule has 2 N–H and O–H groups in total. The van der Waals surface area contributed by atoms with Crippen LogP contribution in [0.1, 0.15) is 36.0 Å². The van der Waals surface area contributed by atoms with Gasteiger partial charge in [0.1, 0.15) is 5.75 Å². The molecule has 6 heteroatoms. The Hall–Kier alpha value is -0.530. The first-order chi connectivity index (χ1) is 10.0. The number of hydrogen-bond donors (Lipinski definition) is 2. The number of carbonyl (C=O) groups is 1. The van der Waals surface area contributed by atoms with Gasteiger partial charge in [-0.3, -0.25) is 4.79 Å². The molecule has 0 aliphatic heterocycles. The number of hydrogen-bond acceptors (Lipinski definition) is 3. The number of aliphatic hydroxyl groups excluding tert-OH is 1. The maximum absolute atomic E-state index is 12.3. The first-order valence-corrected chi connectivity index (χ1v) is 8.48. The summed E-state index contributed by atoms with van der Waals surface area (Å²) >= 11 is 8.17. The second-order valence-electron chi connectivity index (χ2n) is 5.29. The summed E-state index contributed by atoms with van der Waals surface area (Å²) < 4.78 is 6.08. The second-order valence-corrected chi connectivity index (χ2v) is 6.86. The van der Waals surface area contributed by atoms with Crippen molar-refractivity contribution in [3.8, 4) is 5.75 Å². The lowest BCUT2D eigenvalue weighted by atomic mass is 9.86. The number of benzene rings is 1. The molecule has 0 spiro atoms. The molecule has 2 unspecified atom stereocenters. The minimum absolute atomic E-state index is 0.132. The van der Waals surface area contributed by atoms with E-state index >= 15 is 0 Å². The van der Waals surface area contributed by atoms with Crippen LogP contribution in [0, 0.1) is 9.49 Å². The van der Waals surface area contributed by atoms with Crippen LogP contribution < -0.4 is 10.1 Å². The first-order valence-electron chi connectivity index (χ1n) is 7.02. The minimum Gasteiger partial charge on any atom is -0.496 e. The molecule has 1 amide bonds. The summed E-state index contributed by atoms with van der Waals surface area (Å²) in [5, 5.41) is 13.3. The lowest BCUT2D eigenvalue weighted by Gasteiger charge is -2.27. The molecule has 1 aliphatic rings. The summed E-state index contributed by atoms with van der Waals surface area (Å²) in [4.78, 5) is 12.3. The third kappa shape index (κ3) is 4.23. The molecule has 2 rings (SSSR count). The van der Waals surface area contributed by atoms with E-state index in [0.29, 0.717) is 22.9 Å². The molecule has 1 saturated carbocycles. The number of carbonyl (C=O) groups excluding carboxylic acids is 1. The molecule has 1 aliphatic carbocycles. The molecular weight excluding hydrogens is 405 g/mol. The molecule has 0 radical (unpaired) electrons. The Morgan fingerprint density at radius 2 is 2.19 bits per heavy atom. The molecule has 21 heavy (non-hydrogen) atoms. The van der Waals surface area contributed by atoms with Crippen molar-refractivity contribution in [3.05, 3.63) is 26.3 Å². The number of methoxy groups -OCH3 is 1. The van der Waals surface area contributed by atoms with Gasteiger partial charge in [-0.1, -0.05) is 24.4 Å². The zero-order valence-electron chi connectivity index (χ0n) is 11.9. The number of nitrogens with one attached hydrogen (secondary N) is 1. The van der Waals surface area contributed by atoms with Gasteiger partial charge in [0.15, 0.2) is 0 Å². The lowest BCUT2D eigenvalue weighted by Crippen LogP contribution is -2.36. The molecule has 2 atom stereocenters. The molecule has 1 aromatic rings. The summed E-state index contributed by atoms with van der Waals surface area (Å²) in [5.41, 5.74) is 0.424. The largest absolute Gasteiger partial charge is 0.496 e. The SMILES string of the molecule is COc1cc(I)c(Cl)cc1C(=O)NCC1CCCCC1O. The van der Waals surface area contributed by atoms with E-state index in [2.05, 4.69) is 27.9 Å².